The zero-order chi connectivity index (χ0) is 16.6. The number of para-hydroxylation sites is 1. The second-order valence-electron chi connectivity index (χ2n) is 5.37. The van der Waals surface area contributed by atoms with Gasteiger partial charge in [0.2, 0.25) is 0 Å². The van der Waals surface area contributed by atoms with E-state index in [0.29, 0.717) is 5.52 Å². The molecule has 0 aliphatic carbocycles. The summed E-state index contributed by atoms with van der Waals surface area (Å²) in [6.45, 7) is 1.98. The Morgan fingerprint density at radius 3 is 2.65 bits per heavy atom. The second kappa shape index (κ2) is 5.72. The number of aromatic amines is 1. The van der Waals surface area contributed by atoms with E-state index in [-0.39, 0.29) is 23.9 Å². The first kappa shape index (κ1) is 15.0. The molecule has 1 aromatic carbocycles. The molecule has 0 bridgehead atoms. The zero-order valence-corrected chi connectivity index (χ0v) is 13.2. The quantitative estimate of drug-likeness (QED) is 0.754. The van der Waals surface area contributed by atoms with E-state index in [0.717, 1.165) is 16.3 Å². The molecule has 0 saturated heterocycles. The summed E-state index contributed by atoms with van der Waals surface area (Å²) in [6.07, 6.45) is 0. The van der Waals surface area contributed by atoms with Gasteiger partial charge in [0.25, 0.3) is 5.91 Å². The third kappa shape index (κ3) is 2.52. The fourth-order valence-corrected chi connectivity index (χ4v) is 2.52. The Bertz CT molecular complexity index is 912. The van der Waals surface area contributed by atoms with Crippen molar-refractivity contribution in [3.8, 4) is 0 Å². The Balaban J connectivity index is 2.34. The number of nitrogens with one attached hydrogen (secondary N) is 1. The largest absolute Gasteiger partial charge is 0.461 e. The summed E-state index contributed by atoms with van der Waals surface area (Å²) >= 11 is 0. The van der Waals surface area contributed by atoms with E-state index in [9.17, 15) is 9.59 Å². The molecule has 0 radical (unpaired) electrons. The van der Waals surface area contributed by atoms with Crippen molar-refractivity contribution in [2.75, 3.05) is 20.7 Å². The van der Waals surface area contributed by atoms with Crippen LogP contribution in [0.5, 0.6) is 0 Å². The summed E-state index contributed by atoms with van der Waals surface area (Å²) in [5, 5.41) is 1.71. The highest BCUT2D eigenvalue weighted by Gasteiger charge is 2.21. The molecular formula is C17H17N3O3. The molecule has 0 aliphatic rings. The molecule has 0 unspecified atom stereocenters. The molecule has 0 spiro atoms. The van der Waals surface area contributed by atoms with E-state index in [1.807, 2.05) is 24.3 Å². The van der Waals surface area contributed by atoms with Crippen molar-refractivity contribution in [1.82, 2.24) is 14.9 Å². The lowest BCUT2D eigenvalue weighted by Gasteiger charge is -2.11. The van der Waals surface area contributed by atoms with Crippen LogP contribution in [0.1, 0.15) is 27.9 Å². The number of fused-ring (bicyclic) bond motifs is 3. The number of pyridine rings is 1. The lowest BCUT2D eigenvalue weighted by Crippen LogP contribution is -2.24. The number of rotatable bonds is 3. The van der Waals surface area contributed by atoms with Gasteiger partial charge in [-0.15, -0.1) is 0 Å². The van der Waals surface area contributed by atoms with Gasteiger partial charge in [-0.05, 0) is 19.1 Å². The molecule has 23 heavy (non-hydrogen) atoms. The molecule has 2 aromatic heterocycles. The van der Waals surface area contributed by atoms with Crippen molar-refractivity contribution >= 4 is 33.7 Å². The second-order valence-corrected chi connectivity index (χ2v) is 5.37. The fourth-order valence-electron chi connectivity index (χ4n) is 2.52. The van der Waals surface area contributed by atoms with E-state index >= 15 is 0 Å². The lowest BCUT2D eigenvalue weighted by atomic mass is 10.1. The number of aromatic nitrogens is 2. The van der Waals surface area contributed by atoms with Gasteiger partial charge >= 0.3 is 5.97 Å². The van der Waals surface area contributed by atoms with Crippen molar-refractivity contribution in [2.45, 2.75) is 6.92 Å². The standard InChI is InChI=1S/C17H17N3O3/c1-4-23-17(22)13-9-11-10-7-5-6-8-12(10)18-14(11)15(19-13)16(21)20(2)3/h5-9,18H,4H2,1-3H3. The average Bonchev–Trinajstić information content (AvgIpc) is 2.92. The number of nitrogens with zero attached hydrogens (tertiary/aromatic N) is 2. The van der Waals surface area contributed by atoms with Crippen LogP contribution in [0.25, 0.3) is 21.8 Å². The number of benzene rings is 1. The highest BCUT2D eigenvalue weighted by atomic mass is 16.5. The van der Waals surface area contributed by atoms with Crippen molar-refractivity contribution < 1.29 is 14.3 Å². The monoisotopic (exact) mass is 311 g/mol. The minimum absolute atomic E-state index is 0.134. The highest BCUT2D eigenvalue weighted by Crippen LogP contribution is 2.28. The van der Waals surface area contributed by atoms with Crippen LogP contribution in [0.4, 0.5) is 0 Å². The Labute approximate surface area is 133 Å². The van der Waals surface area contributed by atoms with Crippen LogP contribution < -0.4 is 0 Å². The third-order valence-electron chi connectivity index (χ3n) is 3.59. The molecular weight excluding hydrogens is 294 g/mol. The van der Waals surface area contributed by atoms with Crippen molar-refractivity contribution in [1.29, 1.82) is 0 Å². The molecule has 6 nitrogen and oxygen atoms in total. The summed E-state index contributed by atoms with van der Waals surface area (Å²) in [6, 6.07) is 9.34. The number of carbonyl (C=O) groups excluding carboxylic acids is 2. The molecule has 1 amide bonds. The molecule has 0 atom stereocenters. The molecule has 0 saturated carbocycles. The van der Waals surface area contributed by atoms with Gasteiger partial charge in [-0.1, -0.05) is 18.2 Å². The van der Waals surface area contributed by atoms with E-state index < -0.39 is 5.97 Å². The van der Waals surface area contributed by atoms with Crippen molar-refractivity contribution in [3.63, 3.8) is 0 Å². The summed E-state index contributed by atoms with van der Waals surface area (Å²) in [4.78, 5) is 33.4. The Kier molecular flexibility index (Phi) is 3.73. The van der Waals surface area contributed by atoms with Gasteiger partial charge in [0.05, 0.1) is 12.1 Å². The van der Waals surface area contributed by atoms with E-state index in [2.05, 4.69) is 9.97 Å². The Hall–Kier alpha value is -2.89. The first-order valence-electron chi connectivity index (χ1n) is 7.33. The first-order chi connectivity index (χ1) is 11.0. The number of carbonyl (C=O) groups is 2. The molecule has 0 aliphatic heterocycles. The third-order valence-corrected chi connectivity index (χ3v) is 3.59. The van der Waals surface area contributed by atoms with Gasteiger partial charge in [0, 0.05) is 30.4 Å². The number of amides is 1. The van der Waals surface area contributed by atoms with Crippen LogP contribution in [0.3, 0.4) is 0 Å². The SMILES string of the molecule is CCOC(=O)c1cc2c([nH]c3ccccc32)c(C(=O)N(C)C)n1. The Morgan fingerprint density at radius 2 is 1.96 bits per heavy atom. The number of esters is 1. The first-order valence-corrected chi connectivity index (χ1v) is 7.33. The fraction of sp³-hybridized carbons (Fsp3) is 0.235. The molecule has 3 rings (SSSR count). The maximum Gasteiger partial charge on any atom is 0.356 e. The van der Waals surface area contributed by atoms with Crippen molar-refractivity contribution in [2.24, 2.45) is 0 Å². The predicted octanol–water partition coefficient (Wildman–Crippen LogP) is 2.59. The van der Waals surface area contributed by atoms with Crippen LogP contribution in [0.2, 0.25) is 0 Å². The zero-order valence-electron chi connectivity index (χ0n) is 13.2. The van der Waals surface area contributed by atoms with Gasteiger partial charge in [0.15, 0.2) is 5.69 Å². The van der Waals surface area contributed by atoms with E-state index in [1.54, 1.807) is 27.1 Å². The van der Waals surface area contributed by atoms with Gasteiger partial charge in [-0.2, -0.15) is 0 Å². The van der Waals surface area contributed by atoms with E-state index in [4.69, 9.17) is 4.74 Å². The van der Waals surface area contributed by atoms with Crippen LogP contribution in [0.15, 0.2) is 30.3 Å². The van der Waals surface area contributed by atoms with Crippen molar-refractivity contribution in [3.05, 3.63) is 41.7 Å². The summed E-state index contributed by atoms with van der Waals surface area (Å²) in [7, 11) is 3.30. The molecule has 6 heteroatoms. The molecule has 118 valence electrons. The van der Waals surface area contributed by atoms with Gasteiger partial charge < -0.3 is 14.6 Å². The topological polar surface area (TPSA) is 75.3 Å². The van der Waals surface area contributed by atoms with Crippen LogP contribution in [-0.4, -0.2) is 47.4 Å². The number of H-pyrrole nitrogens is 1. The molecule has 0 fully saturated rings. The summed E-state index contributed by atoms with van der Waals surface area (Å²) in [5.41, 5.74) is 1.86. The van der Waals surface area contributed by atoms with Crippen LogP contribution in [0, 0.1) is 0 Å². The Morgan fingerprint density at radius 1 is 1.22 bits per heavy atom. The minimum Gasteiger partial charge on any atom is -0.461 e. The van der Waals surface area contributed by atoms with Gasteiger partial charge in [-0.25, -0.2) is 9.78 Å². The highest BCUT2D eigenvalue weighted by molar-refractivity contribution is 6.15. The lowest BCUT2D eigenvalue weighted by molar-refractivity contribution is 0.0519. The van der Waals surface area contributed by atoms with Gasteiger partial charge in [0.1, 0.15) is 5.69 Å². The maximum absolute atomic E-state index is 12.5. The summed E-state index contributed by atoms with van der Waals surface area (Å²) < 4.78 is 5.02. The van der Waals surface area contributed by atoms with E-state index in [1.165, 1.54) is 4.90 Å². The van der Waals surface area contributed by atoms with Crippen LogP contribution in [-0.2, 0) is 4.74 Å². The number of ether oxygens (including phenoxy) is 1. The molecule has 2 heterocycles. The average molecular weight is 311 g/mol. The minimum atomic E-state index is -0.535. The predicted molar refractivity (Wildman–Crippen MR) is 87.6 cm³/mol. The molecule has 1 N–H and O–H groups in total. The normalized spacial score (nSPS) is 10.9. The number of hydrogen-bond donors (Lipinski definition) is 1. The van der Waals surface area contributed by atoms with Gasteiger partial charge in [-0.3, -0.25) is 4.79 Å². The smallest absolute Gasteiger partial charge is 0.356 e. The van der Waals surface area contributed by atoms with Crippen LogP contribution >= 0.6 is 0 Å². The maximum atomic E-state index is 12.5. The number of hydrogen-bond acceptors (Lipinski definition) is 4. The molecule has 3 aromatic rings. The summed E-state index contributed by atoms with van der Waals surface area (Å²) in [5.74, 6) is -0.805.